The van der Waals surface area contributed by atoms with Crippen LogP contribution in [0.25, 0.3) is 11.3 Å². The van der Waals surface area contributed by atoms with Crippen LogP contribution in [0.15, 0.2) is 60.0 Å². The zero-order chi connectivity index (χ0) is 16.1. The fraction of sp³-hybridized carbons (Fsp3) is 0.111. The second kappa shape index (κ2) is 7.07. The molecular formula is C18H16N2O2S. The number of anilines is 1. The molecule has 0 aliphatic rings. The summed E-state index contributed by atoms with van der Waals surface area (Å²) in [6.45, 7) is 0.656. The SMILES string of the molecule is COC(=O)c1ccc(CNc2nc(-c3ccccc3)cs2)cc1. The first kappa shape index (κ1) is 15.2. The zero-order valence-electron chi connectivity index (χ0n) is 12.7. The quantitative estimate of drug-likeness (QED) is 0.714. The van der Waals surface area contributed by atoms with Gasteiger partial charge in [-0.1, -0.05) is 42.5 Å². The van der Waals surface area contributed by atoms with E-state index >= 15 is 0 Å². The summed E-state index contributed by atoms with van der Waals surface area (Å²) in [5.41, 5.74) is 3.71. The van der Waals surface area contributed by atoms with Gasteiger partial charge >= 0.3 is 5.97 Å². The van der Waals surface area contributed by atoms with E-state index in [-0.39, 0.29) is 5.97 Å². The normalized spacial score (nSPS) is 10.3. The number of aromatic nitrogens is 1. The predicted molar refractivity (Wildman–Crippen MR) is 92.7 cm³/mol. The Kier molecular flexibility index (Phi) is 4.68. The molecule has 2 aromatic carbocycles. The number of methoxy groups -OCH3 is 1. The predicted octanol–water partition coefficient (Wildman–Crippen LogP) is 4.21. The van der Waals surface area contributed by atoms with Gasteiger partial charge in [0.15, 0.2) is 5.13 Å². The number of hydrogen-bond donors (Lipinski definition) is 1. The van der Waals surface area contributed by atoms with Gasteiger partial charge in [0.05, 0.1) is 18.4 Å². The summed E-state index contributed by atoms with van der Waals surface area (Å²) in [4.78, 5) is 16.0. The Balaban J connectivity index is 1.63. The maximum absolute atomic E-state index is 11.4. The standard InChI is InChI=1S/C18H16N2O2S/c1-22-17(21)15-9-7-13(8-10-15)11-19-18-20-16(12-23-18)14-5-3-2-4-6-14/h2-10,12H,11H2,1H3,(H,19,20). The number of nitrogens with one attached hydrogen (secondary N) is 1. The lowest BCUT2D eigenvalue weighted by Gasteiger charge is -2.04. The average molecular weight is 324 g/mol. The molecule has 0 atom stereocenters. The minimum absolute atomic E-state index is 0.322. The summed E-state index contributed by atoms with van der Waals surface area (Å²) in [5.74, 6) is -0.322. The van der Waals surface area contributed by atoms with Crippen molar-refractivity contribution in [3.63, 3.8) is 0 Å². The molecule has 0 unspecified atom stereocenters. The Morgan fingerprint density at radius 1 is 1.13 bits per heavy atom. The molecule has 0 saturated heterocycles. The van der Waals surface area contributed by atoms with Crippen LogP contribution in [0.1, 0.15) is 15.9 Å². The summed E-state index contributed by atoms with van der Waals surface area (Å²) in [7, 11) is 1.38. The van der Waals surface area contributed by atoms with Crippen LogP contribution in [-0.4, -0.2) is 18.1 Å². The molecule has 1 heterocycles. The second-order valence-corrected chi connectivity index (χ2v) is 5.80. The lowest BCUT2D eigenvalue weighted by atomic mass is 10.1. The van der Waals surface area contributed by atoms with E-state index in [9.17, 15) is 4.79 Å². The lowest BCUT2D eigenvalue weighted by molar-refractivity contribution is 0.0600. The van der Waals surface area contributed by atoms with Gasteiger partial charge in [-0.2, -0.15) is 0 Å². The highest BCUT2D eigenvalue weighted by Crippen LogP contribution is 2.24. The minimum atomic E-state index is -0.322. The number of esters is 1. The molecule has 1 aromatic heterocycles. The van der Waals surface area contributed by atoms with Crippen molar-refractivity contribution >= 4 is 22.4 Å². The van der Waals surface area contributed by atoms with Gasteiger partial charge in [-0.3, -0.25) is 0 Å². The Morgan fingerprint density at radius 3 is 2.57 bits per heavy atom. The van der Waals surface area contributed by atoms with Crippen molar-refractivity contribution in [3.8, 4) is 11.3 Å². The van der Waals surface area contributed by atoms with Crippen LogP contribution in [0, 0.1) is 0 Å². The van der Waals surface area contributed by atoms with E-state index in [4.69, 9.17) is 0 Å². The van der Waals surface area contributed by atoms with Crippen molar-refractivity contribution in [1.82, 2.24) is 4.98 Å². The molecular weight excluding hydrogens is 308 g/mol. The second-order valence-electron chi connectivity index (χ2n) is 4.95. The maximum Gasteiger partial charge on any atom is 0.337 e. The fourth-order valence-electron chi connectivity index (χ4n) is 2.15. The molecule has 0 radical (unpaired) electrons. The van der Waals surface area contributed by atoms with Gasteiger partial charge in [0, 0.05) is 17.5 Å². The van der Waals surface area contributed by atoms with Gasteiger partial charge in [0.1, 0.15) is 0 Å². The van der Waals surface area contributed by atoms with E-state index in [0.29, 0.717) is 12.1 Å². The summed E-state index contributed by atoms with van der Waals surface area (Å²) in [6.07, 6.45) is 0. The van der Waals surface area contributed by atoms with E-state index in [1.807, 2.05) is 47.8 Å². The van der Waals surface area contributed by atoms with Crippen molar-refractivity contribution in [3.05, 3.63) is 71.1 Å². The smallest absolute Gasteiger partial charge is 0.337 e. The van der Waals surface area contributed by atoms with Crippen molar-refractivity contribution < 1.29 is 9.53 Å². The van der Waals surface area contributed by atoms with E-state index in [2.05, 4.69) is 15.0 Å². The molecule has 0 aliphatic carbocycles. The van der Waals surface area contributed by atoms with Gasteiger partial charge in [0.2, 0.25) is 0 Å². The van der Waals surface area contributed by atoms with Gasteiger partial charge in [0.25, 0.3) is 0 Å². The topological polar surface area (TPSA) is 51.2 Å². The van der Waals surface area contributed by atoms with Gasteiger partial charge in [-0.25, -0.2) is 9.78 Å². The van der Waals surface area contributed by atoms with Crippen LogP contribution >= 0.6 is 11.3 Å². The molecule has 5 heteroatoms. The lowest BCUT2D eigenvalue weighted by Crippen LogP contribution is -2.02. The van der Waals surface area contributed by atoms with Crippen LogP contribution in [0.4, 0.5) is 5.13 Å². The highest BCUT2D eigenvalue weighted by atomic mass is 32.1. The average Bonchev–Trinajstić information content (AvgIpc) is 3.09. The number of rotatable bonds is 5. The maximum atomic E-state index is 11.4. The number of benzene rings is 2. The highest BCUT2D eigenvalue weighted by molar-refractivity contribution is 7.14. The number of carbonyl (C=O) groups excluding carboxylic acids is 1. The molecule has 1 N–H and O–H groups in total. The Bertz CT molecular complexity index is 782. The largest absolute Gasteiger partial charge is 0.465 e. The van der Waals surface area contributed by atoms with E-state index in [1.54, 1.807) is 23.5 Å². The Labute approximate surface area is 138 Å². The van der Waals surface area contributed by atoms with Gasteiger partial charge in [-0.05, 0) is 17.7 Å². The zero-order valence-corrected chi connectivity index (χ0v) is 13.5. The molecule has 0 fully saturated rings. The molecule has 0 bridgehead atoms. The van der Waals surface area contributed by atoms with Crippen LogP contribution in [0.3, 0.4) is 0 Å². The Hall–Kier alpha value is -2.66. The number of thiazole rings is 1. The number of carbonyl (C=O) groups is 1. The summed E-state index contributed by atoms with van der Waals surface area (Å²) in [5, 5.41) is 6.22. The van der Waals surface area contributed by atoms with Crippen molar-refractivity contribution in [2.45, 2.75) is 6.54 Å². The van der Waals surface area contributed by atoms with Crippen molar-refractivity contribution in [2.24, 2.45) is 0 Å². The van der Waals surface area contributed by atoms with E-state index in [0.717, 1.165) is 22.0 Å². The molecule has 0 aliphatic heterocycles. The summed E-state index contributed by atoms with van der Waals surface area (Å²) < 4.78 is 4.69. The van der Waals surface area contributed by atoms with Gasteiger partial charge < -0.3 is 10.1 Å². The first-order valence-corrected chi connectivity index (χ1v) is 8.06. The fourth-order valence-corrected chi connectivity index (χ4v) is 2.87. The number of nitrogens with zero attached hydrogens (tertiary/aromatic N) is 1. The van der Waals surface area contributed by atoms with E-state index < -0.39 is 0 Å². The molecule has 3 aromatic rings. The first-order chi connectivity index (χ1) is 11.3. The minimum Gasteiger partial charge on any atom is -0.465 e. The third-order valence-electron chi connectivity index (χ3n) is 3.39. The van der Waals surface area contributed by atoms with Crippen LogP contribution < -0.4 is 5.32 Å². The molecule has 4 nitrogen and oxygen atoms in total. The van der Waals surface area contributed by atoms with Crippen molar-refractivity contribution in [2.75, 3.05) is 12.4 Å². The van der Waals surface area contributed by atoms with Crippen molar-refractivity contribution in [1.29, 1.82) is 0 Å². The molecule has 0 saturated carbocycles. The van der Waals surface area contributed by atoms with E-state index in [1.165, 1.54) is 7.11 Å². The van der Waals surface area contributed by atoms with Crippen LogP contribution in [0.5, 0.6) is 0 Å². The van der Waals surface area contributed by atoms with Gasteiger partial charge in [-0.15, -0.1) is 11.3 Å². The summed E-state index contributed by atoms with van der Waals surface area (Å²) >= 11 is 1.58. The molecule has 3 rings (SSSR count). The van der Waals surface area contributed by atoms with Crippen LogP contribution in [-0.2, 0) is 11.3 Å². The Morgan fingerprint density at radius 2 is 1.87 bits per heavy atom. The molecule has 0 spiro atoms. The summed E-state index contributed by atoms with van der Waals surface area (Å²) in [6, 6.07) is 17.4. The molecule has 23 heavy (non-hydrogen) atoms. The first-order valence-electron chi connectivity index (χ1n) is 7.18. The monoisotopic (exact) mass is 324 g/mol. The van der Waals surface area contributed by atoms with Crippen LogP contribution in [0.2, 0.25) is 0 Å². The molecule has 0 amide bonds. The third kappa shape index (κ3) is 3.76. The number of hydrogen-bond acceptors (Lipinski definition) is 5. The number of ether oxygens (including phenoxy) is 1. The third-order valence-corrected chi connectivity index (χ3v) is 4.19. The highest BCUT2D eigenvalue weighted by Gasteiger charge is 2.06. The molecule has 116 valence electrons.